The lowest BCUT2D eigenvalue weighted by Crippen LogP contribution is -2.12. The molecule has 0 unspecified atom stereocenters. The summed E-state index contributed by atoms with van der Waals surface area (Å²) in [5, 5.41) is 10.1. The molecule has 1 N–H and O–H groups in total. The average Bonchev–Trinajstić information content (AvgIpc) is 2.37. The average molecular weight is 464 g/mol. The molecule has 2 rings (SSSR count). The molecule has 2 nitrogen and oxygen atoms in total. The third kappa shape index (κ3) is 3.30. The number of aliphatic hydroxyl groups excluding tert-OH is 1. The van der Waals surface area contributed by atoms with Gasteiger partial charge in [-0.05, 0) is 75.0 Å². The van der Waals surface area contributed by atoms with Crippen LogP contribution >= 0.6 is 45.2 Å². The van der Waals surface area contributed by atoms with Gasteiger partial charge in [-0.3, -0.25) is 4.79 Å². The highest BCUT2D eigenvalue weighted by molar-refractivity contribution is 14.1. The van der Waals surface area contributed by atoms with Crippen LogP contribution in [0.2, 0.25) is 0 Å². The minimum atomic E-state index is -1.10. The van der Waals surface area contributed by atoms with Crippen molar-refractivity contribution in [1.82, 2.24) is 0 Å². The van der Waals surface area contributed by atoms with Crippen molar-refractivity contribution in [2.75, 3.05) is 0 Å². The van der Waals surface area contributed by atoms with Crippen LogP contribution in [-0.4, -0.2) is 10.9 Å². The van der Waals surface area contributed by atoms with Crippen molar-refractivity contribution in [3.8, 4) is 0 Å². The first-order valence-corrected chi connectivity index (χ1v) is 7.47. The van der Waals surface area contributed by atoms with Crippen LogP contribution in [0, 0.1) is 7.14 Å². The number of halogens is 2. The Kier molecular flexibility index (Phi) is 4.74. The third-order valence-corrected chi connectivity index (χ3v) is 3.86. The molecular formula is C14H10I2O2. The molecule has 92 valence electrons. The Morgan fingerprint density at radius 2 is 1.61 bits per heavy atom. The fraction of sp³-hybridized carbons (Fsp3) is 0.0714. The van der Waals surface area contributed by atoms with Crippen molar-refractivity contribution in [2.24, 2.45) is 0 Å². The Morgan fingerprint density at radius 3 is 2.22 bits per heavy atom. The molecule has 0 fully saturated rings. The predicted molar refractivity (Wildman–Crippen MR) is 87.6 cm³/mol. The van der Waals surface area contributed by atoms with Gasteiger partial charge in [-0.15, -0.1) is 0 Å². The number of aliphatic hydroxyl groups is 1. The van der Waals surface area contributed by atoms with Gasteiger partial charge in [-0.25, -0.2) is 0 Å². The summed E-state index contributed by atoms with van der Waals surface area (Å²) < 4.78 is 1.98. The minimum absolute atomic E-state index is 0.268. The quantitative estimate of drug-likeness (QED) is 0.555. The van der Waals surface area contributed by atoms with E-state index in [0.717, 1.165) is 7.14 Å². The number of hydrogen-bond donors (Lipinski definition) is 1. The van der Waals surface area contributed by atoms with E-state index in [1.807, 2.05) is 30.3 Å². The van der Waals surface area contributed by atoms with Crippen LogP contribution in [0.15, 0.2) is 48.5 Å². The molecular weight excluding hydrogens is 454 g/mol. The van der Waals surface area contributed by atoms with Gasteiger partial charge in [-0.2, -0.15) is 0 Å². The van der Waals surface area contributed by atoms with Crippen LogP contribution in [0.1, 0.15) is 22.0 Å². The van der Waals surface area contributed by atoms with Crippen molar-refractivity contribution in [3.05, 3.63) is 66.8 Å². The maximum Gasteiger partial charge on any atom is 0.195 e. The predicted octanol–water partition coefficient (Wildman–Crippen LogP) is 3.81. The minimum Gasteiger partial charge on any atom is -0.380 e. The monoisotopic (exact) mass is 464 g/mol. The first kappa shape index (κ1) is 14.0. The number of Topliss-reactive ketones (excluding diaryl/α,β-unsaturated/α-hetero) is 1. The lowest BCUT2D eigenvalue weighted by Gasteiger charge is -2.10. The molecule has 0 aliphatic heterocycles. The molecule has 0 saturated heterocycles. The number of carbonyl (C=O) groups is 1. The van der Waals surface area contributed by atoms with E-state index in [2.05, 4.69) is 45.2 Å². The molecule has 0 saturated carbocycles. The van der Waals surface area contributed by atoms with E-state index in [0.29, 0.717) is 11.1 Å². The molecule has 0 heterocycles. The van der Waals surface area contributed by atoms with E-state index in [1.165, 1.54) is 0 Å². The van der Waals surface area contributed by atoms with Gasteiger partial charge in [-0.1, -0.05) is 24.3 Å². The van der Waals surface area contributed by atoms with Gasteiger partial charge in [0.05, 0.1) is 0 Å². The third-order valence-electron chi connectivity index (χ3n) is 2.52. The number of benzene rings is 2. The van der Waals surface area contributed by atoms with E-state index >= 15 is 0 Å². The molecule has 0 aliphatic carbocycles. The second-order valence-corrected chi connectivity index (χ2v) is 6.32. The number of ketones is 1. The van der Waals surface area contributed by atoms with Gasteiger partial charge in [0.25, 0.3) is 0 Å². The molecule has 0 aliphatic rings. The van der Waals surface area contributed by atoms with E-state index in [4.69, 9.17) is 0 Å². The summed E-state index contributed by atoms with van der Waals surface area (Å²) in [6.07, 6.45) is -1.10. The molecule has 0 bridgehead atoms. The summed E-state index contributed by atoms with van der Waals surface area (Å²) in [6.45, 7) is 0. The van der Waals surface area contributed by atoms with Crippen molar-refractivity contribution in [1.29, 1.82) is 0 Å². The highest BCUT2D eigenvalue weighted by Crippen LogP contribution is 2.21. The van der Waals surface area contributed by atoms with Crippen LogP contribution in [0.4, 0.5) is 0 Å². The Morgan fingerprint density at radius 1 is 1.00 bits per heavy atom. The molecule has 0 amide bonds. The van der Waals surface area contributed by atoms with Crippen LogP contribution in [0.3, 0.4) is 0 Å². The van der Waals surface area contributed by atoms with Gasteiger partial charge >= 0.3 is 0 Å². The van der Waals surface area contributed by atoms with Gasteiger partial charge < -0.3 is 5.11 Å². The Hall–Kier alpha value is -0.470. The molecule has 2 aromatic carbocycles. The van der Waals surface area contributed by atoms with E-state index in [1.54, 1.807) is 18.2 Å². The van der Waals surface area contributed by atoms with Gasteiger partial charge in [0.15, 0.2) is 5.78 Å². The Bertz CT molecular complexity index is 582. The fourth-order valence-electron chi connectivity index (χ4n) is 1.63. The highest BCUT2D eigenvalue weighted by Gasteiger charge is 2.19. The van der Waals surface area contributed by atoms with Gasteiger partial charge in [0.1, 0.15) is 6.10 Å². The number of rotatable bonds is 3. The van der Waals surface area contributed by atoms with Crippen molar-refractivity contribution >= 4 is 51.0 Å². The SMILES string of the molecule is O=C(c1cccc(I)c1)[C@H](O)c1cccc(I)c1. The Balaban J connectivity index is 2.29. The maximum atomic E-state index is 12.2. The molecule has 1 atom stereocenters. The maximum absolute atomic E-state index is 12.2. The zero-order valence-corrected chi connectivity index (χ0v) is 13.6. The lowest BCUT2D eigenvalue weighted by atomic mass is 10.0. The Labute approximate surface area is 133 Å². The molecule has 2 aromatic rings. The van der Waals surface area contributed by atoms with Crippen molar-refractivity contribution in [2.45, 2.75) is 6.10 Å². The standard InChI is InChI=1S/C14H10I2O2/c15-11-5-1-3-9(7-11)13(17)14(18)10-4-2-6-12(16)8-10/h1-8,13,17H/t13-/m1/s1. The second kappa shape index (κ2) is 6.12. The summed E-state index contributed by atoms with van der Waals surface area (Å²) in [7, 11) is 0. The van der Waals surface area contributed by atoms with Crippen LogP contribution in [0.25, 0.3) is 0 Å². The topological polar surface area (TPSA) is 37.3 Å². The first-order valence-electron chi connectivity index (χ1n) is 5.31. The molecule has 0 radical (unpaired) electrons. The summed E-state index contributed by atoms with van der Waals surface area (Å²) in [5.41, 5.74) is 1.17. The number of carbonyl (C=O) groups excluding carboxylic acids is 1. The summed E-state index contributed by atoms with van der Waals surface area (Å²) in [6, 6.07) is 14.6. The normalized spacial score (nSPS) is 12.2. The zero-order chi connectivity index (χ0) is 13.1. The highest BCUT2D eigenvalue weighted by atomic mass is 127. The van der Waals surface area contributed by atoms with Crippen molar-refractivity contribution in [3.63, 3.8) is 0 Å². The van der Waals surface area contributed by atoms with E-state index in [-0.39, 0.29) is 5.78 Å². The van der Waals surface area contributed by atoms with E-state index < -0.39 is 6.10 Å². The largest absolute Gasteiger partial charge is 0.380 e. The molecule has 0 aromatic heterocycles. The summed E-state index contributed by atoms with van der Waals surface area (Å²) in [4.78, 5) is 12.2. The summed E-state index contributed by atoms with van der Waals surface area (Å²) >= 11 is 4.31. The van der Waals surface area contributed by atoms with Crippen LogP contribution < -0.4 is 0 Å². The molecule has 18 heavy (non-hydrogen) atoms. The smallest absolute Gasteiger partial charge is 0.195 e. The number of hydrogen-bond acceptors (Lipinski definition) is 2. The second-order valence-electron chi connectivity index (χ2n) is 3.83. The van der Waals surface area contributed by atoms with E-state index in [9.17, 15) is 9.90 Å². The lowest BCUT2D eigenvalue weighted by molar-refractivity contribution is 0.0747. The zero-order valence-electron chi connectivity index (χ0n) is 9.31. The first-order chi connectivity index (χ1) is 8.58. The van der Waals surface area contributed by atoms with Crippen molar-refractivity contribution < 1.29 is 9.90 Å². The molecule has 0 spiro atoms. The fourth-order valence-corrected chi connectivity index (χ4v) is 2.74. The van der Waals surface area contributed by atoms with Gasteiger partial charge in [0, 0.05) is 12.7 Å². The van der Waals surface area contributed by atoms with Crippen LogP contribution in [-0.2, 0) is 0 Å². The van der Waals surface area contributed by atoms with Crippen LogP contribution in [0.5, 0.6) is 0 Å². The van der Waals surface area contributed by atoms with Gasteiger partial charge in [0.2, 0.25) is 0 Å². The summed E-state index contributed by atoms with van der Waals surface area (Å²) in [5.74, 6) is -0.268. The molecule has 4 heteroatoms.